The second-order valence-corrected chi connectivity index (χ2v) is 6.67. The zero-order valence-electron chi connectivity index (χ0n) is 15.4. The molecule has 2 amide bonds. The normalized spacial score (nSPS) is 15.1. The van der Waals surface area contributed by atoms with Crippen LogP contribution in [0.25, 0.3) is 11.1 Å². The lowest BCUT2D eigenvalue weighted by molar-refractivity contribution is -0.274. The summed E-state index contributed by atoms with van der Waals surface area (Å²) < 4.78 is 40.5. The fourth-order valence-electron chi connectivity index (χ4n) is 3.17. The Balaban J connectivity index is 1.60. The first kappa shape index (κ1) is 20.0. The Morgan fingerprint density at radius 1 is 1.04 bits per heavy atom. The molecule has 0 bridgehead atoms. The first-order valence-electron chi connectivity index (χ1n) is 9.02. The van der Waals surface area contributed by atoms with Crippen LogP contribution in [0.2, 0.25) is 0 Å². The number of carbonyl (C=O) groups is 1. The Morgan fingerprint density at radius 3 is 2.11 bits per heavy atom. The van der Waals surface area contributed by atoms with Gasteiger partial charge in [-0.3, -0.25) is 0 Å². The van der Waals surface area contributed by atoms with Crippen molar-refractivity contribution < 1.29 is 22.7 Å². The van der Waals surface area contributed by atoms with E-state index in [4.69, 9.17) is 0 Å². The van der Waals surface area contributed by atoms with E-state index < -0.39 is 6.36 Å². The van der Waals surface area contributed by atoms with Crippen LogP contribution >= 0.6 is 0 Å². The molecular formula is C20H22F3N3O2. The van der Waals surface area contributed by atoms with Gasteiger partial charge >= 0.3 is 12.4 Å². The van der Waals surface area contributed by atoms with E-state index >= 15 is 0 Å². The summed E-state index contributed by atoms with van der Waals surface area (Å²) in [4.78, 5) is 14.1. The molecule has 1 fully saturated rings. The van der Waals surface area contributed by atoms with E-state index in [1.54, 1.807) is 48.3 Å². The minimum atomic E-state index is -4.71. The van der Waals surface area contributed by atoms with Crippen LogP contribution in [0.15, 0.2) is 48.5 Å². The summed E-state index contributed by atoms with van der Waals surface area (Å²) in [6, 6.07) is 12.9. The predicted molar refractivity (Wildman–Crippen MR) is 101 cm³/mol. The van der Waals surface area contributed by atoms with Gasteiger partial charge in [-0.05, 0) is 61.3 Å². The summed E-state index contributed by atoms with van der Waals surface area (Å²) in [7, 11) is 1.80. The fourth-order valence-corrected chi connectivity index (χ4v) is 3.17. The van der Waals surface area contributed by atoms with Crippen LogP contribution in [0, 0.1) is 0 Å². The van der Waals surface area contributed by atoms with Crippen molar-refractivity contribution in [2.75, 3.05) is 25.5 Å². The predicted octanol–water partition coefficient (Wildman–Crippen LogP) is 4.47. The van der Waals surface area contributed by atoms with E-state index in [0.29, 0.717) is 5.69 Å². The topological polar surface area (TPSA) is 53.6 Å². The van der Waals surface area contributed by atoms with E-state index in [2.05, 4.69) is 15.4 Å². The van der Waals surface area contributed by atoms with Gasteiger partial charge in [-0.2, -0.15) is 0 Å². The first-order valence-corrected chi connectivity index (χ1v) is 9.02. The molecule has 2 aromatic carbocycles. The van der Waals surface area contributed by atoms with Crippen LogP contribution in [0.1, 0.15) is 12.8 Å². The lowest BCUT2D eigenvalue weighted by atomic mass is 10.1. The third-order valence-electron chi connectivity index (χ3n) is 4.73. The fraction of sp³-hybridized carbons (Fsp3) is 0.350. The molecule has 1 aliphatic rings. The number of hydrogen-bond donors (Lipinski definition) is 2. The number of nitrogens with one attached hydrogen (secondary N) is 2. The van der Waals surface area contributed by atoms with Crippen molar-refractivity contribution in [1.82, 2.24) is 10.2 Å². The largest absolute Gasteiger partial charge is 0.573 e. The maximum Gasteiger partial charge on any atom is 0.573 e. The van der Waals surface area contributed by atoms with Gasteiger partial charge in [-0.1, -0.05) is 24.3 Å². The average molecular weight is 393 g/mol. The number of nitrogens with zero attached hydrogens (tertiary/aromatic N) is 1. The minimum Gasteiger partial charge on any atom is -0.406 e. The highest BCUT2D eigenvalue weighted by Gasteiger charge is 2.31. The third-order valence-corrected chi connectivity index (χ3v) is 4.73. The zero-order valence-corrected chi connectivity index (χ0v) is 15.4. The average Bonchev–Trinajstić information content (AvgIpc) is 2.68. The Hall–Kier alpha value is -2.74. The Morgan fingerprint density at radius 2 is 1.57 bits per heavy atom. The molecule has 0 radical (unpaired) electrons. The van der Waals surface area contributed by atoms with Gasteiger partial charge in [0.25, 0.3) is 0 Å². The maximum absolute atomic E-state index is 12.4. The number of carbonyl (C=O) groups excluding carboxylic acids is 1. The Bertz CT molecular complexity index is 786. The molecule has 0 aromatic heterocycles. The second-order valence-electron chi connectivity index (χ2n) is 6.67. The number of hydrogen-bond acceptors (Lipinski definition) is 3. The molecule has 1 aliphatic heterocycles. The number of halogens is 3. The monoisotopic (exact) mass is 393 g/mol. The number of benzene rings is 2. The summed E-state index contributed by atoms with van der Waals surface area (Å²) in [5, 5.41) is 6.15. The highest BCUT2D eigenvalue weighted by molar-refractivity contribution is 5.89. The van der Waals surface area contributed by atoms with Gasteiger partial charge in [0, 0.05) is 18.8 Å². The van der Waals surface area contributed by atoms with Crippen molar-refractivity contribution >= 4 is 11.7 Å². The Labute approximate surface area is 161 Å². The molecular weight excluding hydrogens is 371 g/mol. The number of urea groups is 1. The number of ether oxygens (including phenoxy) is 1. The second kappa shape index (κ2) is 8.52. The van der Waals surface area contributed by atoms with Crippen molar-refractivity contribution in [2.24, 2.45) is 0 Å². The highest BCUT2D eigenvalue weighted by atomic mass is 19.4. The molecule has 2 N–H and O–H groups in total. The SMILES string of the molecule is CN(C(=O)Nc1ccc(-c2ccc(OC(F)(F)F)cc2)cc1)C1CCNCC1. The van der Waals surface area contributed by atoms with Crippen LogP contribution in [0.3, 0.4) is 0 Å². The summed E-state index contributed by atoms with van der Waals surface area (Å²) in [6.07, 6.45) is -2.85. The lowest BCUT2D eigenvalue weighted by Gasteiger charge is -2.31. The number of alkyl halides is 3. The smallest absolute Gasteiger partial charge is 0.406 e. The zero-order chi connectivity index (χ0) is 20.1. The molecule has 0 atom stereocenters. The van der Waals surface area contributed by atoms with Gasteiger partial charge < -0.3 is 20.3 Å². The quantitative estimate of drug-likeness (QED) is 0.806. The third kappa shape index (κ3) is 5.39. The van der Waals surface area contributed by atoms with Crippen molar-refractivity contribution in [2.45, 2.75) is 25.2 Å². The molecule has 1 heterocycles. The van der Waals surface area contributed by atoms with Crippen molar-refractivity contribution in [3.8, 4) is 16.9 Å². The molecule has 0 saturated carbocycles. The molecule has 0 unspecified atom stereocenters. The maximum atomic E-state index is 12.4. The molecule has 150 valence electrons. The molecule has 8 heteroatoms. The van der Waals surface area contributed by atoms with Gasteiger partial charge in [0.2, 0.25) is 0 Å². The van der Waals surface area contributed by atoms with Gasteiger partial charge in [0.15, 0.2) is 0 Å². The molecule has 0 aliphatic carbocycles. The van der Waals surface area contributed by atoms with Gasteiger partial charge in [0.05, 0.1) is 0 Å². The van der Waals surface area contributed by atoms with Crippen molar-refractivity contribution in [3.05, 3.63) is 48.5 Å². The highest BCUT2D eigenvalue weighted by Crippen LogP contribution is 2.27. The van der Waals surface area contributed by atoms with Gasteiger partial charge in [0.1, 0.15) is 5.75 Å². The molecule has 0 spiro atoms. The molecule has 2 aromatic rings. The minimum absolute atomic E-state index is 0.159. The van der Waals surface area contributed by atoms with Gasteiger partial charge in [-0.15, -0.1) is 13.2 Å². The molecule has 1 saturated heterocycles. The number of rotatable bonds is 4. The summed E-state index contributed by atoms with van der Waals surface area (Å²) in [5.41, 5.74) is 2.23. The Kier molecular flexibility index (Phi) is 6.08. The van der Waals surface area contributed by atoms with Gasteiger partial charge in [-0.25, -0.2) is 4.79 Å². The first-order chi connectivity index (χ1) is 13.3. The van der Waals surface area contributed by atoms with E-state index in [9.17, 15) is 18.0 Å². The van der Waals surface area contributed by atoms with Crippen LogP contribution in [-0.2, 0) is 0 Å². The number of anilines is 1. The summed E-state index contributed by atoms with van der Waals surface area (Å²) in [5.74, 6) is -0.263. The van der Waals surface area contributed by atoms with Crippen molar-refractivity contribution in [3.63, 3.8) is 0 Å². The molecule has 3 rings (SSSR count). The molecule has 5 nitrogen and oxygen atoms in total. The standard InChI is InChI=1S/C20H22F3N3O2/c1-26(17-10-12-24-13-11-17)19(27)25-16-6-2-14(3-7-16)15-4-8-18(9-5-15)28-20(21,22)23/h2-9,17,24H,10-13H2,1H3,(H,25,27). The van der Waals surface area contributed by atoms with Crippen molar-refractivity contribution in [1.29, 1.82) is 0 Å². The van der Waals surface area contributed by atoms with Crippen LogP contribution in [-0.4, -0.2) is 43.5 Å². The summed E-state index contributed by atoms with van der Waals surface area (Å²) in [6.45, 7) is 1.81. The molecule has 28 heavy (non-hydrogen) atoms. The van der Waals surface area contributed by atoms with E-state index in [0.717, 1.165) is 37.1 Å². The number of amides is 2. The van der Waals surface area contributed by atoms with E-state index in [1.165, 1.54) is 12.1 Å². The number of piperidine rings is 1. The van der Waals surface area contributed by atoms with Crippen LogP contribution < -0.4 is 15.4 Å². The van der Waals surface area contributed by atoms with E-state index in [-0.39, 0.29) is 17.8 Å². The van der Waals surface area contributed by atoms with E-state index in [1.807, 2.05) is 0 Å². The van der Waals surface area contributed by atoms with Crippen LogP contribution in [0.4, 0.5) is 23.7 Å². The lowest BCUT2D eigenvalue weighted by Crippen LogP contribution is -2.45. The van der Waals surface area contributed by atoms with Crippen LogP contribution in [0.5, 0.6) is 5.75 Å². The summed E-state index contributed by atoms with van der Waals surface area (Å²) >= 11 is 0.